The highest BCUT2D eigenvalue weighted by Gasteiger charge is 2.18. The standard InChI is InChI=1S/C21H28N4O/c1-17-9-12-25(13-10-17)21(22-2)24-15-18-6-5-8-20(14-18)26-16-19-7-3-4-11-23-19/h3-8,11,14,17H,9-10,12-13,15-16H2,1-2H3,(H,22,24). The van der Waals surface area contributed by atoms with Crippen molar-refractivity contribution in [2.45, 2.75) is 32.9 Å². The first-order chi connectivity index (χ1) is 12.7. The van der Waals surface area contributed by atoms with Gasteiger partial charge in [0.2, 0.25) is 0 Å². The summed E-state index contributed by atoms with van der Waals surface area (Å²) in [4.78, 5) is 11.1. The minimum Gasteiger partial charge on any atom is -0.487 e. The van der Waals surface area contributed by atoms with Gasteiger partial charge in [-0.2, -0.15) is 0 Å². The van der Waals surface area contributed by atoms with E-state index >= 15 is 0 Å². The van der Waals surface area contributed by atoms with Gasteiger partial charge in [0.25, 0.3) is 0 Å². The van der Waals surface area contributed by atoms with E-state index in [1.807, 2.05) is 37.4 Å². The van der Waals surface area contributed by atoms with Crippen molar-refractivity contribution >= 4 is 5.96 Å². The second-order valence-corrected chi connectivity index (χ2v) is 6.83. The van der Waals surface area contributed by atoms with Gasteiger partial charge >= 0.3 is 0 Å². The molecule has 3 rings (SSSR count). The quantitative estimate of drug-likeness (QED) is 0.661. The number of aliphatic imine (C=N–C) groups is 1. The summed E-state index contributed by atoms with van der Waals surface area (Å²) >= 11 is 0. The number of rotatable bonds is 5. The van der Waals surface area contributed by atoms with Gasteiger partial charge in [-0.3, -0.25) is 9.98 Å². The lowest BCUT2D eigenvalue weighted by molar-refractivity contribution is 0.273. The topological polar surface area (TPSA) is 49.8 Å². The lowest BCUT2D eigenvalue weighted by atomic mass is 10.00. The Morgan fingerprint density at radius 1 is 1.23 bits per heavy atom. The fourth-order valence-electron chi connectivity index (χ4n) is 3.12. The lowest BCUT2D eigenvalue weighted by Gasteiger charge is -2.32. The van der Waals surface area contributed by atoms with Gasteiger partial charge in [0, 0.05) is 32.9 Å². The molecule has 0 radical (unpaired) electrons. The maximum Gasteiger partial charge on any atom is 0.193 e. The predicted molar refractivity (Wildman–Crippen MR) is 105 cm³/mol. The lowest BCUT2D eigenvalue weighted by Crippen LogP contribution is -2.45. The van der Waals surface area contributed by atoms with Crippen LogP contribution in [0.3, 0.4) is 0 Å². The number of aromatic nitrogens is 1. The summed E-state index contributed by atoms with van der Waals surface area (Å²) in [6.07, 6.45) is 4.25. The number of benzene rings is 1. The third-order valence-electron chi connectivity index (χ3n) is 4.76. The van der Waals surface area contributed by atoms with E-state index in [0.717, 1.165) is 43.0 Å². The zero-order valence-electron chi connectivity index (χ0n) is 15.7. The van der Waals surface area contributed by atoms with Crippen LogP contribution in [0.15, 0.2) is 53.7 Å². The number of nitrogens with zero attached hydrogens (tertiary/aromatic N) is 3. The molecule has 0 amide bonds. The van der Waals surface area contributed by atoms with Crippen LogP contribution in [0.1, 0.15) is 31.0 Å². The molecule has 0 unspecified atom stereocenters. The van der Waals surface area contributed by atoms with Crippen molar-refractivity contribution in [3.63, 3.8) is 0 Å². The average Bonchev–Trinajstić information content (AvgIpc) is 2.69. The number of nitrogens with one attached hydrogen (secondary N) is 1. The summed E-state index contributed by atoms with van der Waals surface area (Å²) in [5, 5.41) is 3.48. The molecule has 0 bridgehead atoms. The number of likely N-dealkylation sites (tertiary alicyclic amines) is 1. The van der Waals surface area contributed by atoms with Crippen LogP contribution in [0.25, 0.3) is 0 Å². The average molecular weight is 352 g/mol. The monoisotopic (exact) mass is 352 g/mol. The maximum atomic E-state index is 5.86. The summed E-state index contributed by atoms with van der Waals surface area (Å²) in [7, 11) is 1.85. The molecule has 26 heavy (non-hydrogen) atoms. The molecule has 1 aromatic carbocycles. The molecule has 1 aliphatic heterocycles. The van der Waals surface area contributed by atoms with Crippen LogP contribution >= 0.6 is 0 Å². The fourth-order valence-corrected chi connectivity index (χ4v) is 3.12. The molecule has 1 aliphatic rings. The molecule has 0 spiro atoms. The van der Waals surface area contributed by atoms with Crippen LogP contribution in [0.2, 0.25) is 0 Å². The van der Waals surface area contributed by atoms with E-state index in [4.69, 9.17) is 4.74 Å². The minimum atomic E-state index is 0.478. The van der Waals surface area contributed by atoms with E-state index in [1.165, 1.54) is 18.4 Å². The summed E-state index contributed by atoms with van der Waals surface area (Å²) in [5.74, 6) is 2.66. The Labute approximate surface area is 156 Å². The normalized spacial score (nSPS) is 15.8. The maximum absolute atomic E-state index is 5.86. The van der Waals surface area contributed by atoms with Gasteiger partial charge in [-0.1, -0.05) is 25.1 Å². The van der Waals surface area contributed by atoms with Crippen molar-refractivity contribution in [3.8, 4) is 5.75 Å². The van der Waals surface area contributed by atoms with Gasteiger partial charge in [0.15, 0.2) is 5.96 Å². The van der Waals surface area contributed by atoms with Crippen molar-refractivity contribution in [2.75, 3.05) is 20.1 Å². The Hall–Kier alpha value is -2.56. The van der Waals surface area contributed by atoms with Crippen molar-refractivity contribution in [1.29, 1.82) is 0 Å². The van der Waals surface area contributed by atoms with E-state index < -0.39 is 0 Å². The largest absolute Gasteiger partial charge is 0.487 e. The second-order valence-electron chi connectivity index (χ2n) is 6.83. The van der Waals surface area contributed by atoms with Gasteiger partial charge in [0.05, 0.1) is 5.69 Å². The fraction of sp³-hybridized carbons (Fsp3) is 0.429. The van der Waals surface area contributed by atoms with Crippen molar-refractivity contribution in [2.24, 2.45) is 10.9 Å². The molecule has 5 heteroatoms. The minimum absolute atomic E-state index is 0.478. The van der Waals surface area contributed by atoms with Crippen molar-refractivity contribution in [1.82, 2.24) is 15.2 Å². The number of guanidine groups is 1. The summed E-state index contributed by atoms with van der Waals surface area (Å²) < 4.78 is 5.86. The molecular weight excluding hydrogens is 324 g/mol. The second kappa shape index (κ2) is 9.22. The van der Waals surface area contributed by atoms with E-state index in [1.54, 1.807) is 6.20 Å². The Morgan fingerprint density at radius 2 is 2.08 bits per heavy atom. The predicted octanol–water partition coefficient (Wildman–Crippen LogP) is 3.47. The van der Waals surface area contributed by atoms with Crippen LogP contribution in [0.4, 0.5) is 0 Å². The van der Waals surface area contributed by atoms with E-state index in [2.05, 4.69) is 39.2 Å². The molecule has 2 aromatic rings. The molecule has 5 nitrogen and oxygen atoms in total. The summed E-state index contributed by atoms with van der Waals surface area (Å²) in [6.45, 7) is 5.69. The van der Waals surface area contributed by atoms with Crippen LogP contribution in [0.5, 0.6) is 5.75 Å². The first-order valence-electron chi connectivity index (χ1n) is 9.32. The molecule has 0 aliphatic carbocycles. The van der Waals surface area contributed by atoms with Gasteiger partial charge in [0.1, 0.15) is 12.4 Å². The summed E-state index contributed by atoms with van der Waals surface area (Å²) in [6, 6.07) is 14.0. The molecule has 0 atom stereocenters. The van der Waals surface area contributed by atoms with Gasteiger partial charge in [-0.25, -0.2) is 0 Å². The third kappa shape index (κ3) is 5.22. The Bertz CT molecular complexity index is 709. The van der Waals surface area contributed by atoms with Crippen LogP contribution in [0, 0.1) is 5.92 Å². The van der Waals surface area contributed by atoms with Gasteiger partial charge in [-0.05, 0) is 48.6 Å². The van der Waals surface area contributed by atoms with E-state index in [-0.39, 0.29) is 0 Å². The highest BCUT2D eigenvalue weighted by molar-refractivity contribution is 5.79. The zero-order chi connectivity index (χ0) is 18.2. The third-order valence-corrected chi connectivity index (χ3v) is 4.76. The van der Waals surface area contributed by atoms with Crippen LogP contribution < -0.4 is 10.1 Å². The number of hydrogen-bond acceptors (Lipinski definition) is 3. The van der Waals surface area contributed by atoms with E-state index in [9.17, 15) is 0 Å². The molecular formula is C21H28N4O. The molecule has 0 saturated carbocycles. The molecule has 1 N–H and O–H groups in total. The van der Waals surface area contributed by atoms with Crippen LogP contribution in [-0.2, 0) is 13.2 Å². The molecule has 1 aromatic heterocycles. The van der Waals surface area contributed by atoms with Gasteiger partial charge < -0.3 is 15.0 Å². The molecule has 138 valence electrons. The molecule has 1 saturated heterocycles. The van der Waals surface area contributed by atoms with Crippen molar-refractivity contribution in [3.05, 3.63) is 59.9 Å². The van der Waals surface area contributed by atoms with Gasteiger partial charge in [-0.15, -0.1) is 0 Å². The van der Waals surface area contributed by atoms with Crippen LogP contribution in [-0.4, -0.2) is 36.0 Å². The van der Waals surface area contributed by atoms with Crippen molar-refractivity contribution < 1.29 is 4.74 Å². The number of hydrogen-bond donors (Lipinski definition) is 1. The SMILES string of the molecule is CN=C(NCc1cccc(OCc2ccccn2)c1)N1CCC(C)CC1. The zero-order valence-corrected chi connectivity index (χ0v) is 15.7. The highest BCUT2D eigenvalue weighted by Crippen LogP contribution is 2.17. The summed E-state index contributed by atoms with van der Waals surface area (Å²) in [5.41, 5.74) is 2.10. The first kappa shape index (κ1) is 18.2. The highest BCUT2D eigenvalue weighted by atomic mass is 16.5. The smallest absolute Gasteiger partial charge is 0.193 e. The first-order valence-corrected chi connectivity index (χ1v) is 9.32. The number of pyridine rings is 1. The Balaban J connectivity index is 1.53. The number of piperidine rings is 1. The van der Waals surface area contributed by atoms with E-state index in [0.29, 0.717) is 6.61 Å². The molecule has 2 heterocycles. The Morgan fingerprint density at radius 3 is 2.81 bits per heavy atom. The number of ether oxygens (including phenoxy) is 1. The Kier molecular flexibility index (Phi) is 6.47. The molecule has 1 fully saturated rings.